The van der Waals surface area contributed by atoms with Crippen molar-refractivity contribution in [3.8, 4) is 33.1 Å². The Bertz CT molecular complexity index is 1670. The van der Waals surface area contributed by atoms with Gasteiger partial charge in [0.25, 0.3) is 10.0 Å². The van der Waals surface area contributed by atoms with Gasteiger partial charge in [-0.2, -0.15) is 26.3 Å². The molecule has 0 aliphatic rings. The molecule has 2 aromatic heterocycles. The summed E-state index contributed by atoms with van der Waals surface area (Å²) in [6.07, 6.45) is -9.82. The second kappa shape index (κ2) is 10.2. The third-order valence-electron chi connectivity index (χ3n) is 5.28. The van der Waals surface area contributed by atoms with Crippen molar-refractivity contribution in [2.45, 2.75) is 42.9 Å². The molecule has 5 nitrogen and oxygen atoms in total. The third-order valence-corrected chi connectivity index (χ3v) is 8.67. The smallest absolute Gasteiger partial charge is 0.228 e. The number of rotatable bonds is 5. The van der Waals surface area contributed by atoms with Gasteiger partial charge >= 0.3 is 12.4 Å². The fourth-order valence-corrected chi connectivity index (χ4v) is 6.36. The van der Waals surface area contributed by atoms with Crippen LogP contribution in [0, 0.1) is 5.82 Å². The molecule has 40 heavy (non-hydrogen) atoms. The maximum absolute atomic E-state index is 14.6. The zero-order valence-electron chi connectivity index (χ0n) is 20.9. The largest absolute Gasteiger partial charge is 0.433 e. The van der Waals surface area contributed by atoms with Gasteiger partial charge in [-0.25, -0.2) is 27.5 Å². The standard InChI is InChI=1S/C26H20F7N3O2S2/c1-24(2,3)36-40(37,38)22-10-9-20(39-22)14-5-4-6-15(11-14)23-34-19(13-21(35-23)26(31,32)33)17-8-7-16(12-18(17)27)25(28,29)30/h4-13,36H,1-3H3. The van der Waals surface area contributed by atoms with Crippen molar-refractivity contribution in [3.63, 3.8) is 0 Å². The van der Waals surface area contributed by atoms with Gasteiger partial charge in [-0.15, -0.1) is 11.3 Å². The summed E-state index contributed by atoms with van der Waals surface area (Å²) in [5.41, 5.74) is -4.06. The van der Waals surface area contributed by atoms with Crippen LogP contribution in [0.5, 0.6) is 0 Å². The van der Waals surface area contributed by atoms with E-state index in [0.717, 1.165) is 11.3 Å². The summed E-state index contributed by atoms with van der Waals surface area (Å²) in [5, 5.41) is 0. The zero-order valence-corrected chi connectivity index (χ0v) is 22.6. The molecule has 4 aromatic rings. The summed E-state index contributed by atoms with van der Waals surface area (Å²) in [5.74, 6) is -1.86. The Balaban J connectivity index is 1.78. The number of nitrogens with zero attached hydrogens (tertiary/aromatic N) is 2. The molecule has 4 rings (SSSR count). The molecule has 0 amide bonds. The highest BCUT2D eigenvalue weighted by atomic mass is 32.2. The van der Waals surface area contributed by atoms with E-state index in [-0.39, 0.29) is 15.8 Å². The average molecular weight is 604 g/mol. The van der Waals surface area contributed by atoms with Gasteiger partial charge in [0, 0.05) is 21.5 Å². The number of halogens is 7. The van der Waals surface area contributed by atoms with Crippen LogP contribution in [0.15, 0.2) is 64.9 Å². The number of hydrogen-bond donors (Lipinski definition) is 1. The van der Waals surface area contributed by atoms with Gasteiger partial charge in [-0.3, -0.25) is 0 Å². The maximum atomic E-state index is 14.6. The Morgan fingerprint density at radius 1 is 0.800 bits per heavy atom. The van der Waals surface area contributed by atoms with Crippen LogP contribution >= 0.6 is 11.3 Å². The number of alkyl halides is 6. The summed E-state index contributed by atoms with van der Waals surface area (Å²) in [6, 6.07) is 10.8. The van der Waals surface area contributed by atoms with Gasteiger partial charge in [0.2, 0.25) is 0 Å². The number of benzene rings is 2. The van der Waals surface area contributed by atoms with E-state index in [1.54, 1.807) is 26.8 Å². The van der Waals surface area contributed by atoms with E-state index in [1.807, 2.05) is 0 Å². The molecular weight excluding hydrogens is 583 g/mol. The molecule has 0 unspecified atom stereocenters. The quantitative estimate of drug-likeness (QED) is 0.237. The van der Waals surface area contributed by atoms with Gasteiger partial charge in [0.05, 0.1) is 11.3 Å². The van der Waals surface area contributed by atoms with Crippen molar-refractivity contribution in [2.24, 2.45) is 0 Å². The molecule has 14 heteroatoms. The van der Waals surface area contributed by atoms with E-state index < -0.39 is 62.1 Å². The monoisotopic (exact) mass is 603 g/mol. The molecule has 2 heterocycles. The topological polar surface area (TPSA) is 72.0 Å². The van der Waals surface area contributed by atoms with E-state index in [4.69, 9.17) is 0 Å². The van der Waals surface area contributed by atoms with E-state index >= 15 is 0 Å². The maximum Gasteiger partial charge on any atom is 0.433 e. The van der Waals surface area contributed by atoms with E-state index in [0.29, 0.717) is 28.6 Å². The lowest BCUT2D eigenvalue weighted by molar-refractivity contribution is -0.141. The van der Waals surface area contributed by atoms with Crippen molar-refractivity contribution in [2.75, 3.05) is 0 Å². The van der Waals surface area contributed by atoms with Gasteiger partial charge in [-0.05, 0) is 68.8 Å². The van der Waals surface area contributed by atoms with Crippen LogP contribution in [-0.4, -0.2) is 23.9 Å². The molecule has 0 spiro atoms. The number of nitrogens with one attached hydrogen (secondary N) is 1. The summed E-state index contributed by atoms with van der Waals surface area (Å²) >= 11 is 0.937. The molecule has 0 bridgehead atoms. The first-order valence-electron chi connectivity index (χ1n) is 11.4. The van der Waals surface area contributed by atoms with Crippen molar-refractivity contribution < 1.29 is 39.2 Å². The van der Waals surface area contributed by atoms with E-state index in [2.05, 4.69) is 14.7 Å². The minimum absolute atomic E-state index is 0.0261. The van der Waals surface area contributed by atoms with Gasteiger partial charge in [-0.1, -0.05) is 18.2 Å². The van der Waals surface area contributed by atoms with E-state index in [1.165, 1.54) is 30.3 Å². The first-order chi connectivity index (χ1) is 18.3. The molecular formula is C26H20F7N3O2S2. The highest BCUT2D eigenvalue weighted by Crippen LogP contribution is 2.37. The highest BCUT2D eigenvalue weighted by molar-refractivity contribution is 7.91. The third kappa shape index (κ3) is 6.67. The van der Waals surface area contributed by atoms with Crippen molar-refractivity contribution >= 4 is 21.4 Å². The number of hydrogen-bond acceptors (Lipinski definition) is 5. The zero-order chi connectivity index (χ0) is 29.7. The van der Waals surface area contributed by atoms with Crippen molar-refractivity contribution in [1.82, 2.24) is 14.7 Å². The van der Waals surface area contributed by atoms with Gasteiger partial charge in [0.1, 0.15) is 15.7 Å². The molecule has 1 N–H and O–H groups in total. The first-order valence-corrected chi connectivity index (χ1v) is 13.7. The molecule has 0 saturated carbocycles. The average Bonchev–Trinajstić information content (AvgIpc) is 3.33. The number of sulfonamides is 1. The minimum Gasteiger partial charge on any atom is -0.228 e. The fraction of sp³-hybridized carbons (Fsp3) is 0.231. The lowest BCUT2D eigenvalue weighted by Gasteiger charge is -2.19. The molecule has 2 aromatic carbocycles. The van der Waals surface area contributed by atoms with Crippen molar-refractivity contribution in [3.05, 3.63) is 77.7 Å². The van der Waals surface area contributed by atoms with Crippen LogP contribution in [0.1, 0.15) is 32.0 Å². The van der Waals surface area contributed by atoms with Crippen LogP contribution in [0.2, 0.25) is 0 Å². The van der Waals surface area contributed by atoms with Crippen LogP contribution < -0.4 is 4.72 Å². The second-order valence-corrected chi connectivity index (χ2v) is 12.7. The normalized spacial score (nSPS) is 13.1. The highest BCUT2D eigenvalue weighted by Gasteiger charge is 2.35. The molecule has 212 valence electrons. The van der Waals surface area contributed by atoms with Gasteiger partial charge in [0.15, 0.2) is 5.82 Å². The Morgan fingerprint density at radius 2 is 1.48 bits per heavy atom. The SMILES string of the molecule is CC(C)(C)NS(=O)(=O)c1ccc(-c2cccc(-c3nc(-c4ccc(C(F)(F)F)cc4F)cc(C(F)(F)F)n3)c2)s1. The number of thiophene rings is 1. The van der Waals surface area contributed by atoms with Crippen LogP contribution in [0.25, 0.3) is 33.1 Å². The summed E-state index contributed by atoms with van der Waals surface area (Å²) in [4.78, 5) is 8.07. The summed E-state index contributed by atoms with van der Waals surface area (Å²) in [7, 11) is -3.83. The first kappa shape index (κ1) is 29.6. The van der Waals surface area contributed by atoms with Gasteiger partial charge < -0.3 is 0 Å². The molecule has 0 atom stereocenters. The molecule has 0 radical (unpaired) electrons. The number of aromatic nitrogens is 2. The second-order valence-electron chi connectivity index (χ2n) is 9.71. The predicted molar refractivity (Wildman–Crippen MR) is 136 cm³/mol. The predicted octanol–water partition coefficient (Wildman–Crippen LogP) is 7.79. The minimum atomic E-state index is -4.97. The molecule has 0 fully saturated rings. The van der Waals surface area contributed by atoms with Crippen LogP contribution in [-0.2, 0) is 22.4 Å². The van der Waals surface area contributed by atoms with Crippen LogP contribution in [0.3, 0.4) is 0 Å². The summed E-state index contributed by atoms with van der Waals surface area (Å²) in [6.45, 7) is 5.05. The Kier molecular flexibility index (Phi) is 7.58. The molecule has 0 saturated heterocycles. The fourth-order valence-electron chi connectivity index (χ4n) is 3.64. The van der Waals surface area contributed by atoms with Crippen molar-refractivity contribution in [1.29, 1.82) is 0 Å². The lowest BCUT2D eigenvalue weighted by Crippen LogP contribution is -2.40. The molecule has 0 aliphatic carbocycles. The van der Waals surface area contributed by atoms with Crippen LogP contribution in [0.4, 0.5) is 30.7 Å². The lowest BCUT2D eigenvalue weighted by atomic mass is 10.1. The molecule has 0 aliphatic heterocycles. The van der Waals surface area contributed by atoms with E-state index in [9.17, 15) is 39.2 Å². The Labute approximate surface area is 228 Å². The summed E-state index contributed by atoms with van der Waals surface area (Å²) < 4.78 is 122. The Hall–Kier alpha value is -3.36. The Morgan fingerprint density at radius 3 is 2.08 bits per heavy atom.